The number of likely N-dealkylation sites (tertiary alicyclic amines) is 1. The lowest BCUT2D eigenvalue weighted by atomic mass is 9.69. The molecule has 1 heterocycles. The van der Waals surface area contributed by atoms with Gasteiger partial charge in [-0.2, -0.15) is 0 Å². The van der Waals surface area contributed by atoms with E-state index in [1.165, 1.54) is 0 Å². The number of Topliss-reactive ketones (excluding diaryl/α,β-unsaturated/α-hetero) is 1. The topological polar surface area (TPSA) is 49.8 Å². The Kier molecular flexibility index (Phi) is 6.55. The van der Waals surface area contributed by atoms with Gasteiger partial charge in [0.15, 0.2) is 0 Å². The molecule has 1 saturated heterocycles. The van der Waals surface area contributed by atoms with Crippen LogP contribution in [0.1, 0.15) is 31.7 Å². The van der Waals surface area contributed by atoms with Gasteiger partial charge in [-0.15, -0.1) is 0 Å². The lowest BCUT2D eigenvalue weighted by Gasteiger charge is -2.41. The molecule has 0 saturated carbocycles. The second kappa shape index (κ2) is 8.42. The maximum atomic E-state index is 12.6. The highest BCUT2D eigenvalue weighted by atomic mass is 16.5. The fourth-order valence-electron chi connectivity index (χ4n) is 3.34. The zero-order chi connectivity index (χ0) is 15.8. The summed E-state index contributed by atoms with van der Waals surface area (Å²) in [6.07, 6.45) is 2.35. The van der Waals surface area contributed by atoms with Crippen LogP contribution in [0.25, 0.3) is 0 Å². The van der Waals surface area contributed by atoms with Crippen molar-refractivity contribution < 1.29 is 14.6 Å². The summed E-state index contributed by atoms with van der Waals surface area (Å²) in [6.45, 7) is 5.78. The van der Waals surface area contributed by atoms with E-state index < -0.39 is 0 Å². The first-order valence-electron chi connectivity index (χ1n) is 8.22. The molecule has 0 amide bonds. The predicted octanol–water partition coefficient (Wildman–Crippen LogP) is 2.01. The highest BCUT2D eigenvalue weighted by Crippen LogP contribution is 2.37. The van der Waals surface area contributed by atoms with Crippen molar-refractivity contribution in [3.8, 4) is 0 Å². The molecule has 22 heavy (non-hydrogen) atoms. The second-order valence-corrected chi connectivity index (χ2v) is 5.90. The number of rotatable bonds is 8. The third-order valence-electron chi connectivity index (χ3n) is 4.68. The van der Waals surface area contributed by atoms with E-state index in [9.17, 15) is 4.79 Å². The van der Waals surface area contributed by atoms with Crippen LogP contribution in [0.4, 0.5) is 0 Å². The van der Waals surface area contributed by atoms with Crippen molar-refractivity contribution >= 4 is 5.78 Å². The van der Waals surface area contributed by atoms with E-state index in [0.717, 1.165) is 38.0 Å². The van der Waals surface area contributed by atoms with Crippen molar-refractivity contribution in [3.05, 3.63) is 35.9 Å². The van der Waals surface area contributed by atoms with Crippen LogP contribution in [-0.4, -0.2) is 55.2 Å². The molecule has 4 heteroatoms. The Hall–Kier alpha value is -1.23. The first-order valence-corrected chi connectivity index (χ1v) is 8.22. The van der Waals surface area contributed by atoms with Gasteiger partial charge in [-0.25, -0.2) is 0 Å². The van der Waals surface area contributed by atoms with Crippen molar-refractivity contribution in [1.29, 1.82) is 0 Å². The quantitative estimate of drug-likeness (QED) is 0.747. The minimum Gasteiger partial charge on any atom is -0.394 e. The number of carbonyl (C=O) groups excluding carboxylic acids is 1. The summed E-state index contributed by atoms with van der Waals surface area (Å²) in [4.78, 5) is 15.0. The molecular weight excluding hydrogens is 278 g/mol. The summed E-state index contributed by atoms with van der Waals surface area (Å²) < 4.78 is 5.33. The molecule has 0 radical (unpaired) electrons. The predicted molar refractivity (Wildman–Crippen MR) is 87.0 cm³/mol. The van der Waals surface area contributed by atoms with Crippen LogP contribution in [0.5, 0.6) is 0 Å². The Morgan fingerprint density at radius 1 is 1.23 bits per heavy atom. The molecule has 1 aromatic rings. The molecule has 0 spiro atoms. The fraction of sp³-hybridized carbons (Fsp3) is 0.611. The van der Waals surface area contributed by atoms with Crippen LogP contribution in [0.15, 0.2) is 30.3 Å². The van der Waals surface area contributed by atoms with Crippen molar-refractivity contribution in [2.45, 2.75) is 31.6 Å². The molecule has 1 fully saturated rings. The van der Waals surface area contributed by atoms with Gasteiger partial charge < -0.3 is 14.7 Å². The van der Waals surface area contributed by atoms with E-state index in [2.05, 4.69) is 17.0 Å². The van der Waals surface area contributed by atoms with Crippen LogP contribution in [0.3, 0.4) is 0 Å². The lowest BCUT2D eigenvalue weighted by Crippen LogP contribution is -2.47. The van der Waals surface area contributed by atoms with Crippen molar-refractivity contribution in [2.24, 2.45) is 0 Å². The minimum absolute atomic E-state index is 0.0715. The van der Waals surface area contributed by atoms with E-state index >= 15 is 0 Å². The Balaban J connectivity index is 1.99. The van der Waals surface area contributed by atoms with Gasteiger partial charge in [-0.05, 0) is 31.5 Å². The highest BCUT2D eigenvalue weighted by molar-refractivity contribution is 5.90. The number of nitrogens with zero attached hydrogens (tertiary/aromatic N) is 1. The summed E-state index contributed by atoms with van der Waals surface area (Å²) in [5, 5.41) is 8.71. The Bertz CT molecular complexity index is 453. The molecule has 0 bridgehead atoms. The molecule has 0 unspecified atom stereocenters. The van der Waals surface area contributed by atoms with Gasteiger partial charge in [0.2, 0.25) is 0 Å². The SMILES string of the molecule is CCC(=O)C1(c2ccccc2)CCN(CCOCCO)CC1. The van der Waals surface area contributed by atoms with Crippen molar-refractivity contribution in [3.63, 3.8) is 0 Å². The molecule has 1 N–H and O–H groups in total. The zero-order valence-corrected chi connectivity index (χ0v) is 13.5. The number of aliphatic hydroxyl groups excluding tert-OH is 1. The minimum atomic E-state index is -0.307. The van der Waals surface area contributed by atoms with Gasteiger partial charge in [-0.1, -0.05) is 37.3 Å². The number of benzene rings is 1. The molecule has 0 aliphatic carbocycles. The van der Waals surface area contributed by atoms with Gasteiger partial charge in [0.05, 0.1) is 25.2 Å². The number of hydrogen-bond acceptors (Lipinski definition) is 4. The van der Waals surface area contributed by atoms with E-state index in [4.69, 9.17) is 9.84 Å². The standard InChI is InChI=1S/C18H27NO3/c1-2-17(21)18(16-6-4-3-5-7-16)8-10-19(11-9-18)12-14-22-15-13-20/h3-7,20H,2,8-15H2,1H3. The maximum Gasteiger partial charge on any atom is 0.143 e. The summed E-state index contributed by atoms with van der Waals surface area (Å²) in [7, 11) is 0. The Morgan fingerprint density at radius 3 is 2.50 bits per heavy atom. The van der Waals surface area contributed by atoms with Crippen LogP contribution in [0.2, 0.25) is 0 Å². The second-order valence-electron chi connectivity index (χ2n) is 5.90. The summed E-state index contributed by atoms with van der Waals surface area (Å²) in [5.41, 5.74) is 0.858. The third-order valence-corrected chi connectivity index (χ3v) is 4.68. The molecule has 122 valence electrons. The van der Waals surface area contributed by atoms with Crippen molar-refractivity contribution in [1.82, 2.24) is 4.90 Å². The monoisotopic (exact) mass is 305 g/mol. The lowest BCUT2D eigenvalue weighted by molar-refractivity contribution is -0.126. The number of hydrogen-bond donors (Lipinski definition) is 1. The van der Waals surface area contributed by atoms with E-state index in [1.54, 1.807) is 0 Å². The molecule has 1 aliphatic heterocycles. The number of aliphatic hydroxyl groups is 1. The fourth-order valence-corrected chi connectivity index (χ4v) is 3.34. The van der Waals surface area contributed by atoms with Gasteiger partial charge in [-0.3, -0.25) is 4.79 Å². The molecular formula is C18H27NO3. The number of ether oxygens (including phenoxy) is 1. The normalized spacial score (nSPS) is 18.3. The first kappa shape index (κ1) is 17.1. The smallest absolute Gasteiger partial charge is 0.143 e. The molecule has 1 aliphatic rings. The van der Waals surface area contributed by atoms with Gasteiger partial charge in [0, 0.05) is 13.0 Å². The summed E-state index contributed by atoms with van der Waals surface area (Å²) >= 11 is 0. The van der Waals surface area contributed by atoms with E-state index in [1.807, 2.05) is 25.1 Å². The molecule has 4 nitrogen and oxygen atoms in total. The maximum absolute atomic E-state index is 12.6. The molecule has 1 aromatic carbocycles. The van der Waals surface area contributed by atoms with Gasteiger partial charge in [0.25, 0.3) is 0 Å². The first-order chi connectivity index (χ1) is 10.7. The third kappa shape index (κ3) is 3.94. The average Bonchev–Trinajstić information content (AvgIpc) is 2.59. The average molecular weight is 305 g/mol. The molecule has 0 atom stereocenters. The van der Waals surface area contributed by atoms with Crippen LogP contribution in [0, 0.1) is 0 Å². The number of carbonyl (C=O) groups is 1. The highest BCUT2D eigenvalue weighted by Gasteiger charge is 2.41. The van der Waals surface area contributed by atoms with Crippen LogP contribution < -0.4 is 0 Å². The summed E-state index contributed by atoms with van der Waals surface area (Å²) in [6, 6.07) is 10.2. The van der Waals surface area contributed by atoms with E-state index in [-0.39, 0.29) is 12.0 Å². The number of ketones is 1. The Labute approximate surface area is 133 Å². The Morgan fingerprint density at radius 2 is 1.91 bits per heavy atom. The molecule has 0 aromatic heterocycles. The van der Waals surface area contributed by atoms with Crippen LogP contribution in [-0.2, 0) is 14.9 Å². The van der Waals surface area contributed by atoms with Gasteiger partial charge in [0.1, 0.15) is 5.78 Å². The van der Waals surface area contributed by atoms with Gasteiger partial charge >= 0.3 is 0 Å². The number of piperidine rings is 1. The zero-order valence-electron chi connectivity index (χ0n) is 13.5. The van der Waals surface area contributed by atoms with Crippen molar-refractivity contribution in [2.75, 3.05) is 39.5 Å². The largest absolute Gasteiger partial charge is 0.394 e. The molecule has 2 rings (SSSR count). The summed E-state index contributed by atoms with van der Waals surface area (Å²) in [5.74, 6) is 0.356. The van der Waals surface area contributed by atoms with E-state index in [0.29, 0.717) is 25.4 Å². The van der Waals surface area contributed by atoms with Crippen LogP contribution >= 0.6 is 0 Å².